The molecule has 0 bridgehead atoms. The number of aromatic nitrogens is 1. The third kappa shape index (κ3) is 5.95. The fourth-order valence-electron chi connectivity index (χ4n) is 4.23. The van der Waals surface area contributed by atoms with Crippen molar-refractivity contribution in [1.29, 1.82) is 0 Å². The van der Waals surface area contributed by atoms with Crippen molar-refractivity contribution < 1.29 is 28.5 Å². The Morgan fingerprint density at radius 1 is 1.23 bits per heavy atom. The number of benzene rings is 2. The van der Waals surface area contributed by atoms with Crippen LogP contribution in [0.15, 0.2) is 74.6 Å². The SMILES string of the molecule is C=CCOc1ccc([C@H]2C(C(=O)OCC)=C(C)N=c3sc(=Cc4cc(Br)c(OC(C)=O)c(OC)c4)c(=O)n32)cc1. The molecule has 0 saturated heterocycles. The number of halogens is 1. The second-order valence-electron chi connectivity index (χ2n) is 8.60. The topological polar surface area (TPSA) is 105 Å². The molecule has 4 rings (SSSR count). The maximum absolute atomic E-state index is 13.9. The molecule has 1 aliphatic heterocycles. The predicted octanol–water partition coefficient (Wildman–Crippen LogP) is 4.06. The van der Waals surface area contributed by atoms with Crippen molar-refractivity contribution in [3.8, 4) is 17.2 Å². The van der Waals surface area contributed by atoms with E-state index in [9.17, 15) is 14.4 Å². The van der Waals surface area contributed by atoms with Gasteiger partial charge in [0.1, 0.15) is 12.4 Å². The van der Waals surface area contributed by atoms with Crippen LogP contribution in [0.4, 0.5) is 0 Å². The fourth-order valence-corrected chi connectivity index (χ4v) is 5.81. The average molecular weight is 628 g/mol. The van der Waals surface area contributed by atoms with Crippen LogP contribution in [0.25, 0.3) is 6.08 Å². The highest BCUT2D eigenvalue weighted by Crippen LogP contribution is 2.37. The molecule has 0 radical (unpaired) electrons. The van der Waals surface area contributed by atoms with Crippen LogP contribution >= 0.6 is 27.3 Å². The summed E-state index contributed by atoms with van der Waals surface area (Å²) >= 11 is 4.61. The molecular weight excluding hydrogens is 600 g/mol. The van der Waals surface area contributed by atoms with Gasteiger partial charge in [0.05, 0.1) is 40.0 Å². The van der Waals surface area contributed by atoms with Crippen molar-refractivity contribution in [2.75, 3.05) is 20.3 Å². The zero-order valence-electron chi connectivity index (χ0n) is 22.4. The zero-order chi connectivity index (χ0) is 29.0. The van der Waals surface area contributed by atoms with Crippen LogP contribution < -0.4 is 29.1 Å². The van der Waals surface area contributed by atoms with Gasteiger partial charge in [-0.15, -0.1) is 0 Å². The van der Waals surface area contributed by atoms with Gasteiger partial charge in [0.2, 0.25) is 0 Å². The molecule has 0 aliphatic carbocycles. The second-order valence-corrected chi connectivity index (χ2v) is 10.5. The smallest absolute Gasteiger partial charge is 0.338 e. The number of esters is 2. The molecule has 0 fully saturated rings. The average Bonchev–Trinajstić information content (AvgIpc) is 3.22. The van der Waals surface area contributed by atoms with Crippen LogP contribution in [0.1, 0.15) is 37.9 Å². The van der Waals surface area contributed by atoms with Gasteiger partial charge in [-0.2, -0.15) is 0 Å². The number of hydrogen-bond acceptors (Lipinski definition) is 9. The molecule has 0 amide bonds. The number of nitrogens with zero attached hydrogens (tertiary/aromatic N) is 2. The summed E-state index contributed by atoms with van der Waals surface area (Å²) in [5.74, 6) is 0.161. The molecule has 1 aromatic heterocycles. The monoisotopic (exact) mass is 626 g/mol. The van der Waals surface area contributed by atoms with E-state index < -0.39 is 18.0 Å². The zero-order valence-corrected chi connectivity index (χ0v) is 24.8. The molecule has 0 spiro atoms. The van der Waals surface area contributed by atoms with Gasteiger partial charge in [0.25, 0.3) is 5.56 Å². The molecule has 1 aliphatic rings. The van der Waals surface area contributed by atoms with Crippen molar-refractivity contribution >= 4 is 45.3 Å². The van der Waals surface area contributed by atoms with Crippen molar-refractivity contribution in [1.82, 2.24) is 4.57 Å². The van der Waals surface area contributed by atoms with Gasteiger partial charge >= 0.3 is 11.9 Å². The quantitative estimate of drug-likeness (QED) is 0.200. The van der Waals surface area contributed by atoms with Crippen LogP contribution in [0, 0.1) is 0 Å². The second kappa shape index (κ2) is 12.5. The molecule has 3 aromatic rings. The molecule has 208 valence electrons. The Labute approximate surface area is 242 Å². The molecule has 2 heterocycles. The van der Waals surface area contributed by atoms with E-state index in [4.69, 9.17) is 18.9 Å². The fraction of sp³-hybridized carbons (Fsp3) is 0.241. The summed E-state index contributed by atoms with van der Waals surface area (Å²) in [6.07, 6.45) is 3.34. The third-order valence-corrected chi connectivity index (χ3v) is 7.45. The summed E-state index contributed by atoms with van der Waals surface area (Å²) in [5, 5.41) is 0. The Kier molecular flexibility index (Phi) is 9.06. The molecule has 0 N–H and O–H groups in total. The van der Waals surface area contributed by atoms with E-state index in [0.29, 0.717) is 48.7 Å². The highest BCUT2D eigenvalue weighted by molar-refractivity contribution is 9.10. The van der Waals surface area contributed by atoms with E-state index in [1.807, 2.05) is 12.1 Å². The maximum Gasteiger partial charge on any atom is 0.338 e. The first-order chi connectivity index (χ1) is 19.2. The van der Waals surface area contributed by atoms with E-state index in [-0.39, 0.29) is 23.5 Å². The molecule has 40 heavy (non-hydrogen) atoms. The summed E-state index contributed by atoms with van der Waals surface area (Å²) in [4.78, 5) is 43.5. The van der Waals surface area contributed by atoms with E-state index in [1.165, 1.54) is 29.9 Å². The number of carbonyl (C=O) groups excluding carboxylic acids is 2. The van der Waals surface area contributed by atoms with Crippen LogP contribution in [0.5, 0.6) is 17.2 Å². The molecule has 1 atom stereocenters. The minimum Gasteiger partial charge on any atom is -0.493 e. The normalized spacial score (nSPS) is 14.7. The number of fused-ring (bicyclic) bond motifs is 1. The van der Waals surface area contributed by atoms with E-state index in [2.05, 4.69) is 27.5 Å². The number of methoxy groups -OCH3 is 1. The summed E-state index contributed by atoms with van der Waals surface area (Å²) < 4.78 is 24.0. The third-order valence-electron chi connectivity index (χ3n) is 5.88. The molecule has 11 heteroatoms. The lowest BCUT2D eigenvalue weighted by atomic mass is 9.96. The van der Waals surface area contributed by atoms with Gasteiger partial charge in [-0.3, -0.25) is 14.2 Å². The predicted molar refractivity (Wildman–Crippen MR) is 155 cm³/mol. The number of ether oxygens (including phenoxy) is 4. The van der Waals surface area contributed by atoms with Gasteiger partial charge in [-0.1, -0.05) is 36.1 Å². The standard InChI is InChI=1S/C29H27BrN2O7S/c1-6-12-38-20-10-8-19(9-11-20)25-24(28(35)37-7-2)16(3)31-29-32(25)27(34)23(40-29)15-18-13-21(30)26(39-17(4)33)22(14-18)36-5/h6,8-11,13-15,25H,1,7,12H2,2-5H3/t25-/m0/s1. The van der Waals surface area contributed by atoms with Crippen LogP contribution in [-0.2, 0) is 14.3 Å². The Balaban J connectivity index is 1.88. The number of allylic oxidation sites excluding steroid dienone is 1. The van der Waals surface area contributed by atoms with Gasteiger partial charge in [0, 0.05) is 6.92 Å². The molecule has 2 aromatic carbocycles. The minimum absolute atomic E-state index is 0.182. The molecular formula is C29H27BrN2O7S. The van der Waals surface area contributed by atoms with Crippen LogP contribution in [0.2, 0.25) is 0 Å². The highest BCUT2D eigenvalue weighted by Gasteiger charge is 2.33. The first kappa shape index (κ1) is 29.0. The van der Waals surface area contributed by atoms with Gasteiger partial charge < -0.3 is 18.9 Å². The Bertz CT molecular complexity index is 1690. The number of rotatable bonds is 9. The van der Waals surface area contributed by atoms with Crippen LogP contribution in [-0.4, -0.2) is 36.8 Å². The Morgan fingerprint density at radius 3 is 2.58 bits per heavy atom. The lowest BCUT2D eigenvalue weighted by molar-refractivity contribution is -0.139. The van der Waals surface area contributed by atoms with Crippen LogP contribution in [0.3, 0.4) is 0 Å². The number of hydrogen-bond donors (Lipinski definition) is 0. The summed E-state index contributed by atoms with van der Waals surface area (Å²) in [6.45, 7) is 8.94. The van der Waals surface area contributed by atoms with Crippen molar-refractivity contribution in [3.63, 3.8) is 0 Å². The van der Waals surface area contributed by atoms with Gasteiger partial charge in [-0.25, -0.2) is 9.79 Å². The van der Waals surface area contributed by atoms with E-state index in [0.717, 1.165) is 0 Å². The first-order valence-corrected chi connectivity index (χ1v) is 13.9. The lowest BCUT2D eigenvalue weighted by Gasteiger charge is -2.24. The first-order valence-electron chi connectivity index (χ1n) is 12.3. The largest absolute Gasteiger partial charge is 0.493 e. The Hall–Kier alpha value is -3.96. The summed E-state index contributed by atoms with van der Waals surface area (Å²) in [7, 11) is 1.46. The van der Waals surface area contributed by atoms with Crippen molar-refractivity contribution in [2.45, 2.75) is 26.8 Å². The molecule has 0 saturated carbocycles. The maximum atomic E-state index is 13.9. The minimum atomic E-state index is -0.751. The Morgan fingerprint density at radius 2 is 1.95 bits per heavy atom. The summed E-state index contributed by atoms with van der Waals surface area (Å²) in [6, 6.07) is 9.81. The van der Waals surface area contributed by atoms with Gasteiger partial charge in [-0.05, 0) is 71.2 Å². The summed E-state index contributed by atoms with van der Waals surface area (Å²) in [5.41, 5.74) is 1.76. The van der Waals surface area contributed by atoms with Crippen molar-refractivity contribution in [2.24, 2.45) is 4.99 Å². The van der Waals surface area contributed by atoms with E-state index >= 15 is 0 Å². The lowest BCUT2D eigenvalue weighted by Crippen LogP contribution is -2.39. The van der Waals surface area contributed by atoms with Crippen molar-refractivity contribution in [3.05, 3.63) is 95.6 Å². The van der Waals surface area contributed by atoms with E-state index in [1.54, 1.807) is 50.3 Å². The number of carbonyl (C=O) groups is 2. The molecule has 9 nitrogen and oxygen atoms in total. The molecule has 0 unspecified atom stereocenters. The van der Waals surface area contributed by atoms with Gasteiger partial charge in [0.15, 0.2) is 16.3 Å². The highest BCUT2D eigenvalue weighted by atomic mass is 79.9. The number of thiazole rings is 1.